The van der Waals surface area contributed by atoms with E-state index < -0.39 is 26.7 Å². The van der Waals surface area contributed by atoms with Crippen molar-refractivity contribution in [2.24, 2.45) is 0 Å². The number of piperazine rings is 1. The summed E-state index contributed by atoms with van der Waals surface area (Å²) in [6, 6.07) is 6.61. The fourth-order valence-electron chi connectivity index (χ4n) is 2.80. The van der Waals surface area contributed by atoms with Crippen molar-refractivity contribution in [2.45, 2.75) is 11.1 Å². The first kappa shape index (κ1) is 20.6. The largest absolute Gasteiger partial charge is 0.416 e. The smallest absolute Gasteiger partial charge is 0.336 e. The van der Waals surface area contributed by atoms with Crippen LogP contribution in [0.5, 0.6) is 0 Å². The minimum absolute atomic E-state index is 0.0225. The molecule has 150 valence electrons. The molecule has 0 aliphatic carbocycles. The number of nitrogens with zero attached hydrogens (tertiary/aromatic N) is 3. The molecule has 11 heteroatoms. The minimum atomic E-state index is -4.64. The van der Waals surface area contributed by atoms with Gasteiger partial charge in [-0.1, -0.05) is 17.7 Å². The van der Waals surface area contributed by atoms with E-state index in [1.54, 1.807) is 0 Å². The summed E-state index contributed by atoms with van der Waals surface area (Å²) in [5, 5.41) is 0.244. The van der Waals surface area contributed by atoms with Gasteiger partial charge in [0.1, 0.15) is 5.15 Å². The van der Waals surface area contributed by atoms with Gasteiger partial charge in [-0.15, -0.1) is 0 Å². The van der Waals surface area contributed by atoms with E-state index in [4.69, 9.17) is 11.6 Å². The van der Waals surface area contributed by atoms with Crippen LogP contribution in [-0.4, -0.2) is 54.7 Å². The molecular formula is C17H15ClF3N3O3S. The van der Waals surface area contributed by atoms with Gasteiger partial charge in [0.2, 0.25) is 10.0 Å². The normalized spacial score (nSPS) is 16.2. The Morgan fingerprint density at radius 3 is 2.32 bits per heavy atom. The molecule has 1 fully saturated rings. The van der Waals surface area contributed by atoms with Crippen LogP contribution in [-0.2, 0) is 16.2 Å². The third kappa shape index (κ3) is 4.29. The molecule has 2 heterocycles. The first-order valence-electron chi connectivity index (χ1n) is 8.17. The molecule has 1 aliphatic rings. The summed E-state index contributed by atoms with van der Waals surface area (Å²) < 4.78 is 65.0. The van der Waals surface area contributed by atoms with Crippen LogP contribution in [0.1, 0.15) is 15.9 Å². The van der Waals surface area contributed by atoms with Gasteiger partial charge in [-0.25, -0.2) is 13.4 Å². The number of halogens is 4. The van der Waals surface area contributed by atoms with Gasteiger partial charge in [0.25, 0.3) is 5.91 Å². The monoisotopic (exact) mass is 433 g/mol. The molecule has 0 unspecified atom stereocenters. The third-order valence-corrected chi connectivity index (χ3v) is 6.42. The van der Waals surface area contributed by atoms with Gasteiger partial charge in [-0.2, -0.15) is 17.5 Å². The van der Waals surface area contributed by atoms with E-state index in [9.17, 15) is 26.4 Å². The number of alkyl halides is 3. The molecule has 2 aromatic rings. The van der Waals surface area contributed by atoms with Gasteiger partial charge in [0.05, 0.1) is 16.0 Å². The number of aromatic nitrogens is 1. The molecule has 6 nitrogen and oxygen atoms in total. The van der Waals surface area contributed by atoms with Gasteiger partial charge in [0, 0.05) is 32.4 Å². The molecule has 28 heavy (non-hydrogen) atoms. The van der Waals surface area contributed by atoms with Crippen LogP contribution in [0, 0.1) is 0 Å². The Hall–Kier alpha value is -2.17. The SMILES string of the molecule is O=C(c1ccc(Cl)nc1)N1CCN(S(=O)(=O)c2cccc(C(F)(F)F)c2)CC1. The third-order valence-electron chi connectivity index (χ3n) is 4.30. The average Bonchev–Trinajstić information content (AvgIpc) is 2.67. The van der Waals surface area contributed by atoms with Crippen molar-refractivity contribution in [3.8, 4) is 0 Å². The summed E-state index contributed by atoms with van der Waals surface area (Å²) in [7, 11) is -4.10. The molecule has 3 rings (SSSR count). The van der Waals surface area contributed by atoms with E-state index >= 15 is 0 Å². The Kier molecular flexibility index (Phi) is 5.64. The van der Waals surface area contributed by atoms with Gasteiger partial charge in [-0.3, -0.25) is 4.79 Å². The van der Waals surface area contributed by atoms with E-state index in [2.05, 4.69) is 4.98 Å². The first-order valence-corrected chi connectivity index (χ1v) is 9.99. The number of rotatable bonds is 3. The second kappa shape index (κ2) is 7.69. The summed E-state index contributed by atoms with van der Waals surface area (Å²) in [5.41, 5.74) is -0.712. The number of sulfonamides is 1. The molecular weight excluding hydrogens is 419 g/mol. The van der Waals surface area contributed by atoms with Gasteiger partial charge in [-0.05, 0) is 30.3 Å². The highest BCUT2D eigenvalue weighted by molar-refractivity contribution is 7.89. The molecule has 1 aromatic heterocycles. The van der Waals surface area contributed by atoms with Crippen molar-refractivity contribution in [1.29, 1.82) is 0 Å². The Morgan fingerprint density at radius 1 is 1.07 bits per heavy atom. The molecule has 1 amide bonds. The number of benzene rings is 1. The van der Waals surface area contributed by atoms with Gasteiger partial charge < -0.3 is 4.90 Å². The topological polar surface area (TPSA) is 70.6 Å². The van der Waals surface area contributed by atoms with E-state index in [0.29, 0.717) is 11.6 Å². The molecule has 0 saturated carbocycles. The highest BCUT2D eigenvalue weighted by atomic mass is 35.5. The van der Waals surface area contributed by atoms with Crippen LogP contribution in [0.3, 0.4) is 0 Å². The molecule has 1 aliphatic heterocycles. The average molecular weight is 434 g/mol. The molecule has 0 radical (unpaired) electrons. The quantitative estimate of drug-likeness (QED) is 0.698. The van der Waals surface area contributed by atoms with Crippen LogP contribution in [0.4, 0.5) is 13.2 Å². The number of carbonyl (C=O) groups excluding carboxylic acids is 1. The number of hydrogen-bond donors (Lipinski definition) is 0. The summed E-state index contributed by atoms with van der Waals surface area (Å²) in [5.74, 6) is -0.319. The lowest BCUT2D eigenvalue weighted by atomic mass is 10.2. The zero-order chi connectivity index (χ0) is 20.5. The Morgan fingerprint density at radius 2 is 1.75 bits per heavy atom. The van der Waals surface area contributed by atoms with E-state index in [0.717, 1.165) is 22.5 Å². The van der Waals surface area contributed by atoms with Crippen LogP contribution in [0.25, 0.3) is 0 Å². The maximum absolute atomic E-state index is 12.9. The Balaban J connectivity index is 1.72. The highest BCUT2D eigenvalue weighted by Gasteiger charge is 2.34. The number of amides is 1. The number of carbonyl (C=O) groups is 1. The van der Waals surface area contributed by atoms with E-state index in [1.165, 1.54) is 23.2 Å². The van der Waals surface area contributed by atoms with Crippen molar-refractivity contribution >= 4 is 27.5 Å². The first-order chi connectivity index (χ1) is 13.1. The van der Waals surface area contributed by atoms with Crippen molar-refractivity contribution in [3.63, 3.8) is 0 Å². The van der Waals surface area contributed by atoms with Crippen LogP contribution in [0.15, 0.2) is 47.5 Å². The van der Waals surface area contributed by atoms with E-state index in [-0.39, 0.29) is 37.2 Å². The van der Waals surface area contributed by atoms with Crippen molar-refractivity contribution in [2.75, 3.05) is 26.2 Å². The number of pyridine rings is 1. The zero-order valence-electron chi connectivity index (χ0n) is 14.4. The lowest BCUT2D eigenvalue weighted by molar-refractivity contribution is -0.137. The summed E-state index contributed by atoms with van der Waals surface area (Å²) in [6.07, 6.45) is -3.31. The molecule has 0 atom stereocenters. The second-order valence-electron chi connectivity index (χ2n) is 6.09. The zero-order valence-corrected chi connectivity index (χ0v) is 15.9. The fourth-order valence-corrected chi connectivity index (χ4v) is 4.38. The molecule has 1 saturated heterocycles. The lowest BCUT2D eigenvalue weighted by Gasteiger charge is -2.34. The van der Waals surface area contributed by atoms with E-state index in [1.807, 2.05) is 0 Å². The van der Waals surface area contributed by atoms with Crippen molar-refractivity contribution in [3.05, 3.63) is 58.9 Å². The Labute approximate surface area is 164 Å². The molecule has 0 bridgehead atoms. The predicted molar refractivity (Wildman–Crippen MR) is 95.4 cm³/mol. The van der Waals surface area contributed by atoms with Gasteiger partial charge in [0.15, 0.2) is 0 Å². The summed E-state index contributed by atoms with van der Waals surface area (Å²) >= 11 is 5.69. The lowest BCUT2D eigenvalue weighted by Crippen LogP contribution is -2.50. The van der Waals surface area contributed by atoms with Gasteiger partial charge >= 0.3 is 6.18 Å². The van der Waals surface area contributed by atoms with Crippen molar-refractivity contribution in [1.82, 2.24) is 14.2 Å². The highest BCUT2D eigenvalue weighted by Crippen LogP contribution is 2.31. The van der Waals surface area contributed by atoms with Crippen molar-refractivity contribution < 1.29 is 26.4 Å². The summed E-state index contributed by atoms with van der Waals surface area (Å²) in [6.45, 7) is 0.177. The maximum atomic E-state index is 12.9. The molecule has 1 aromatic carbocycles. The number of hydrogen-bond acceptors (Lipinski definition) is 4. The maximum Gasteiger partial charge on any atom is 0.416 e. The molecule has 0 N–H and O–H groups in total. The predicted octanol–water partition coefficient (Wildman–Crippen LogP) is 2.90. The second-order valence-corrected chi connectivity index (χ2v) is 8.42. The minimum Gasteiger partial charge on any atom is -0.336 e. The van der Waals surface area contributed by atoms with Crippen LogP contribution < -0.4 is 0 Å². The van der Waals surface area contributed by atoms with Crippen LogP contribution >= 0.6 is 11.6 Å². The summed E-state index contributed by atoms with van der Waals surface area (Å²) in [4.78, 5) is 17.3. The fraction of sp³-hybridized carbons (Fsp3) is 0.294. The Bertz CT molecular complexity index is 973. The van der Waals surface area contributed by atoms with Crippen LogP contribution in [0.2, 0.25) is 5.15 Å². The standard InChI is InChI=1S/C17H15ClF3N3O3S/c18-15-5-4-12(11-22-15)16(25)23-6-8-24(9-7-23)28(26,27)14-3-1-2-13(10-14)17(19,20)21/h1-5,10-11H,6-9H2. The molecule has 0 spiro atoms.